The van der Waals surface area contributed by atoms with Crippen molar-refractivity contribution in [3.05, 3.63) is 23.9 Å². The summed E-state index contributed by atoms with van der Waals surface area (Å²) in [5.41, 5.74) is 0.481. The molecule has 0 aliphatic carbocycles. The lowest BCUT2D eigenvalue weighted by molar-refractivity contribution is 0.0901. The van der Waals surface area contributed by atoms with Crippen molar-refractivity contribution < 1.29 is 9.90 Å². The van der Waals surface area contributed by atoms with Crippen LogP contribution in [0.5, 0.6) is 0 Å². The lowest BCUT2D eigenvalue weighted by Crippen LogP contribution is -2.35. The summed E-state index contributed by atoms with van der Waals surface area (Å²) in [4.78, 5) is 16.6. The number of hydrogen-bond acceptors (Lipinski definition) is 4. The van der Waals surface area contributed by atoms with Crippen LogP contribution in [-0.4, -0.2) is 33.4 Å². The van der Waals surface area contributed by atoms with Crippen LogP contribution in [0.15, 0.2) is 23.4 Å². The van der Waals surface area contributed by atoms with Gasteiger partial charge in [0.1, 0.15) is 0 Å². The van der Waals surface area contributed by atoms with Crippen LogP contribution in [0, 0.1) is 5.41 Å². The van der Waals surface area contributed by atoms with E-state index in [1.165, 1.54) is 0 Å². The molecule has 1 aromatic heterocycles. The molecule has 5 heteroatoms. The molecule has 1 heterocycles. The first kappa shape index (κ1) is 19.0. The molecule has 0 aromatic carbocycles. The first-order chi connectivity index (χ1) is 9.98. The van der Waals surface area contributed by atoms with Gasteiger partial charge >= 0.3 is 0 Å². The van der Waals surface area contributed by atoms with Gasteiger partial charge in [0.15, 0.2) is 0 Å². The molecule has 0 saturated heterocycles. The van der Waals surface area contributed by atoms with Gasteiger partial charge < -0.3 is 10.4 Å². The van der Waals surface area contributed by atoms with Crippen molar-refractivity contribution >= 4 is 17.7 Å². The third-order valence-corrected chi connectivity index (χ3v) is 4.03. The lowest BCUT2D eigenvalue weighted by atomic mass is 9.87. The van der Waals surface area contributed by atoms with Crippen molar-refractivity contribution in [1.82, 2.24) is 10.3 Å². The van der Waals surface area contributed by atoms with Gasteiger partial charge in [-0.25, -0.2) is 4.98 Å². The van der Waals surface area contributed by atoms with Crippen LogP contribution in [0.1, 0.15) is 58.3 Å². The Morgan fingerprint density at radius 3 is 2.55 bits per heavy atom. The molecule has 1 rings (SSSR count). The van der Waals surface area contributed by atoms with Crippen molar-refractivity contribution in [2.24, 2.45) is 5.41 Å². The molecule has 2 N–H and O–H groups in total. The molecule has 1 amide bonds. The standard InChI is InChI=1S/C17H28N2O2S/c1-12(20)10-17(5,6)11-19-15(21)13-7-8-18-14(9-13)22-16(2,3)4/h7-9,12,20H,10-11H2,1-6H3,(H,19,21). The van der Waals surface area contributed by atoms with Gasteiger partial charge in [0, 0.05) is 23.1 Å². The quantitative estimate of drug-likeness (QED) is 0.786. The largest absolute Gasteiger partial charge is 0.393 e. The highest BCUT2D eigenvalue weighted by atomic mass is 32.2. The van der Waals surface area contributed by atoms with Crippen LogP contribution in [0.25, 0.3) is 0 Å². The predicted octanol–water partition coefficient (Wildman–Crippen LogP) is 3.50. The van der Waals surface area contributed by atoms with Crippen molar-refractivity contribution in [3.63, 3.8) is 0 Å². The molecule has 22 heavy (non-hydrogen) atoms. The van der Waals surface area contributed by atoms with E-state index in [0.717, 1.165) is 5.03 Å². The zero-order valence-electron chi connectivity index (χ0n) is 14.4. The van der Waals surface area contributed by atoms with Gasteiger partial charge in [-0.2, -0.15) is 0 Å². The number of aliphatic hydroxyl groups is 1. The Morgan fingerprint density at radius 2 is 2.00 bits per heavy atom. The van der Waals surface area contributed by atoms with Crippen LogP contribution in [0.3, 0.4) is 0 Å². The summed E-state index contributed by atoms with van der Waals surface area (Å²) >= 11 is 1.64. The van der Waals surface area contributed by atoms with Gasteiger partial charge in [-0.3, -0.25) is 4.79 Å². The van der Waals surface area contributed by atoms with E-state index in [0.29, 0.717) is 18.5 Å². The summed E-state index contributed by atoms with van der Waals surface area (Å²) in [6.45, 7) is 12.7. The van der Waals surface area contributed by atoms with Gasteiger partial charge in [0.2, 0.25) is 0 Å². The summed E-state index contributed by atoms with van der Waals surface area (Å²) < 4.78 is 0.0569. The monoisotopic (exact) mass is 324 g/mol. The Bertz CT molecular complexity index is 508. The second kappa shape index (κ2) is 7.47. The third-order valence-electron chi connectivity index (χ3n) is 2.98. The molecule has 124 valence electrons. The Hall–Kier alpha value is -1.07. The lowest BCUT2D eigenvalue weighted by Gasteiger charge is -2.26. The number of pyridine rings is 1. The van der Waals surface area contributed by atoms with E-state index in [4.69, 9.17) is 0 Å². The van der Waals surface area contributed by atoms with Gasteiger partial charge in [-0.05, 0) is 30.9 Å². The molecule has 0 bridgehead atoms. The molecular formula is C17H28N2O2S. The van der Waals surface area contributed by atoms with E-state index in [9.17, 15) is 9.90 Å². The molecular weight excluding hydrogens is 296 g/mol. The fourth-order valence-corrected chi connectivity index (χ4v) is 3.14. The number of carbonyl (C=O) groups excluding carboxylic acids is 1. The van der Waals surface area contributed by atoms with Crippen LogP contribution in [0.4, 0.5) is 0 Å². The van der Waals surface area contributed by atoms with Gasteiger partial charge in [-0.1, -0.05) is 34.6 Å². The van der Waals surface area contributed by atoms with Gasteiger partial charge in [-0.15, -0.1) is 11.8 Å². The Labute approximate surface area is 138 Å². The number of hydrogen-bond donors (Lipinski definition) is 2. The second-order valence-corrected chi connectivity index (χ2v) is 9.34. The maximum absolute atomic E-state index is 12.3. The number of nitrogens with zero attached hydrogens (tertiary/aromatic N) is 1. The maximum atomic E-state index is 12.3. The Balaban J connectivity index is 2.68. The van der Waals surface area contributed by atoms with Crippen LogP contribution in [-0.2, 0) is 0 Å². The number of amides is 1. The minimum atomic E-state index is -0.373. The number of carbonyl (C=O) groups is 1. The molecule has 1 aromatic rings. The number of aliphatic hydroxyl groups excluding tert-OH is 1. The predicted molar refractivity (Wildman–Crippen MR) is 92.3 cm³/mol. The average Bonchev–Trinajstić information content (AvgIpc) is 2.32. The Kier molecular flexibility index (Phi) is 6.44. The zero-order chi connectivity index (χ0) is 17.0. The van der Waals surface area contributed by atoms with E-state index < -0.39 is 0 Å². The van der Waals surface area contributed by atoms with Crippen LogP contribution >= 0.6 is 11.8 Å². The first-order valence-electron chi connectivity index (χ1n) is 7.60. The van der Waals surface area contributed by atoms with E-state index in [-0.39, 0.29) is 22.2 Å². The van der Waals surface area contributed by atoms with Crippen molar-refractivity contribution in [2.45, 2.75) is 63.8 Å². The second-order valence-electron chi connectivity index (χ2n) is 7.50. The first-order valence-corrected chi connectivity index (χ1v) is 8.41. The average molecular weight is 324 g/mol. The van der Waals surface area contributed by atoms with Crippen LogP contribution in [0.2, 0.25) is 0 Å². The topological polar surface area (TPSA) is 62.2 Å². The molecule has 1 unspecified atom stereocenters. The van der Waals surface area contributed by atoms with Crippen molar-refractivity contribution in [2.75, 3.05) is 6.54 Å². The highest BCUT2D eigenvalue weighted by molar-refractivity contribution is 8.00. The zero-order valence-corrected chi connectivity index (χ0v) is 15.3. The maximum Gasteiger partial charge on any atom is 0.251 e. The Morgan fingerprint density at radius 1 is 1.36 bits per heavy atom. The molecule has 1 atom stereocenters. The highest BCUT2D eigenvalue weighted by Gasteiger charge is 2.22. The number of aromatic nitrogens is 1. The summed E-state index contributed by atoms with van der Waals surface area (Å²) in [6, 6.07) is 3.55. The molecule has 4 nitrogen and oxygen atoms in total. The normalized spacial score (nSPS) is 13.8. The summed E-state index contributed by atoms with van der Waals surface area (Å²) in [7, 11) is 0. The van der Waals surface area contributed by atoms with E-state index >= 15 is 0 Å². The number of rotatable bonds is 6. The molecule has 0 fully saturated rings. The molecule has 0 aliphatic rings. The highest BCUT2D eigenvalue weighted by Crippen LogP contribution is 2.30. The third kappa shape index (κ3) is 7.27. The van der Waals surface area contributed by atoms with Gasteiger partial charge in [0.05, 0.1) is 11.1 Å². The molecule has 0 aliphatic heterocycles. The summed E-state index contributed by atoms with van der Waals surface area (Å²) in [5, 5.41) is 13.3. The van der Waals surface area contributed by atoms with E-state index in [2.05, 4.69) is 31.1 Å². The molecule has 0 radical (unpaired) electrons. The minimum absolute atomic E-state index is 0.0569. The van der Waals surface area contributed by atoms with E-state index in [1.807, 2.05) is 19.9 Å². The van der Waals surface area contributed by atoms with E-state index in [1.54, 1.807) is 30.9 Å². The SMILES string of the molecule is CC(O)CC(C)(C)CNC(=O)c1ccnc(SC(C)(C)C)c1. The fraction of sp³-hybridized carbons (Fsp3) is 0.647. The smallest absolute Gasteiger partial charge is 0.251 e. The van der Waals surface area contributed by atoms with Crippen molar-refractivity contribution in [3.8, 4) is 0 Å². The number of thioether (sulfide) groups is 1. The van der Waals surface area contributed by atoms with Crippen LogP contribution < -0.4 is 5.32 Å². The van der Waals surface area contributed by atoms with Gasteiger partial charge in [0.25, 0.3) is 5.91 Å². The summed E-state index contributed by atoms with van der Waals surface area (Å²) in [5.74, 6) is -0.100. The molecule has 0 saturated carbocycles. The summed E-state index contributed by atoms with van der Waals surface area (Å²) in [6.07, 6.45) is 1.95. The molecule has 0 spiro atoms. The van der Waals surface area contributed by atoms with Crippen molar-refractivity contribution in [1.29, 1.82) is 0 Å². The fourth-order valence-electron chi connectivity index (χ4n) is 2.21. The number of nitrogens with one attached hydrogen (secondary N) is 1. The minimum Gasteiger partial charge on any atom is -0.393 e.